The number of rotatable bonds is 7. The lowest BCUT2D eigenvalue weighted by atomic mass is 9.67. The van der Waals surface area contributed by atoms with Crippen molar-refractivity contribution in [1.29, 1.82) is 10.5 Å². The molecular weight excluding hydrogens is 544 g/mol. The average Bonchev–Trinajstić information content (AvgIpc) is 3.06. The lowest BCUT2D eigenvalue weighted by molar-refractivity contribution is 0.224. The number of hydrogen-bond acceptors (Lipinski definition) is 5. The number of nitriles is 2. The summed E-state index contributed by atoms with van der Waals surface area (Å²) in [5.41, 5.74) is 2.47. The van der Waals surface area contributed by atoms with E-state index in [1.165, 1.54) is 17.5 Å². The lowest BCUT2D eigenvalue weighted by Crippen LogP contribution is -2.25. The van der Waals surface area contributed by atoms with Crippen molar-refractivity contribution in [2.75, 3.05) is 0 Å². The van der Waals surface area contributed by atoms with E-state index in [-0.39, 0.29) is 10.8 Å². The van der Waals surface area contributed by atoms with Gasteiger partial charge < -0.3 is 15.3 Å². The van der Waals surface area contributed by atoms with Gasteiger partial charge in [0, 0.05) is 0 Å². The van der Waals surface area contributed by atoms with Gasteiger partial charge in [0.15, 0.2) is 0 Å². The second-order valence-electron chi connectivity index (χ2n) is 12.7. The van der Waals surface area contributed by atoms with Gasteiger partial charge in [-0.05, 0) is 124 Å². The summed E-state index contributed by atoms with van der Waals surface area (Å²) in [5.74, 6) is 2.09. The molecule has 0 saturated heterocycles. The molecule has 5 heteroatoms. The van der Waals surface area contributed by atoms with Gasteiger partial charge in [-0.3, -0.25) is 0 Å². The monoisotopic (exact) mass is 594 g/mol. The van der Waals surface area contributed by atoms with Gasteiger partial charge >= 0.3 is 0 Å². The van der Waals surface area contributed by atoms with E-state index in [2.05, 4.69) is 26.0 Å². The van der Waals surface area contributed by atoms with Crippen molar-refractivity contribution in [1.82, 2.24) is 0 Å². The smallest absolute Gasteiger partial charge is 0.115 e. The Hall–Kier alpha value is -3.96. The van der Waals surface area contributed by atoms with Gasteiger partial charge in [0.05, 0.1) is 23.0 Å². The van der Waals surface area contributed by atoms with E-state index in [1.807, 2.05) is 30.3 Å². The second kappa shape index (κ2) is 17.4. The Balaban J connectivity index is 0.000000198. The number of nitrogens with zero attached hydrogens (tertiary/aromatic N) is 2. The van der Waals surface area contributed by atoms with Crippen LogP contribution in [0.25, 0.3) is 0 Å². The van der Waals surface area contributed by atoms with Crippen molar-refractivity contribution in [3.05, 3.63) is 90.0 Å². The molecule has 2 fully saturated rings. The zero-order valence-electron chi connectivity index (χ0n) is 26.6. The van der Waals surface area contributed by atoms with Crippen LogP contribution in [0.3, 0.4) is 0 Å². The SMILES string of the molecule is CCCC1(C#N)CCC(c2ccc(O)cc2)CC1.CCCCC1(C#N)CCC(c2ccc(O)cc2)CC1.Oc1ccccc1. The van der Waals surface area contributed by atoms with Gasteiger partial charge in [0.25, 0.3) is 0 Å². The summed E-state index contributed by atoms with van der Waals surface area (Å²) in [7, 11) is 0. The van der Waals surface area contributed by atoms with Crippen molar-refractivity contribution in [2.45, 2.75) is 109 Å². The molecule has 44 heavy (non-hydrogen) atoms. The Morgan fingerprint density at radius 3 is 1.27 bits per heavy atom. The van der Waals surface area contributed by atoms with E-state index in [9.17, 15) is 20.7 Å². The molecule has 0 aliphatic heterocycles. The number of hydrogen-bond donors (Lipinski definition) is 3. The Kier molecular flexibility index (Phi) is 13.6. The number of para-hydroxylation sites is 1. The summed E-state index contributed by atoms with van der Waals surface area (Å²) < 4.78 is 0. The molecule has 0 aromatic heterocycles. The van der Waals surface area contributed by atoms with Crippen molar-refractivity contribution in [2.24, 2.45) is 10.8 Å². The predicted molar refractivity (Wildman–Crippen MR) is 177 cm³/mol. The van der Waals surface area contributed by atoms with Gasteiger partial charge in [-0.1, -0.05) is 75.6 Å². The van der Waals surface area contributed by atoms with Crippen molar-refractivity contribution < 1.29 is 15.3 Å². The molecule has 0 amide bonds. The van der Waals surface area contributed by atoms with Crippen LogP contribution in [-0.2, 0) is 0 Å². The average molecular weight is 595 g/mol. The molecular formula is C39H50N2O3. The Morgan fingerprint density at radius 2 is 0.955 bits per heavy atom. The molecule has 0 atom stereocenters. The fourth-order valence-electron chi connectivity index (χ4n) is 6.76. The second-order valence-corrected chi connectivity index (χ2v) is 12.7. The first-order valence-electron chi connectivity index (χ1n) is 16.4. The third-order valence-corrected chi connectivity index (χ3v) is 9.58. The van der Waals surface area contributed by atoms with Gasteiger partial charge in [-0.15, -0.1) is 0 Å². The van der Waals surface area contributed by atoms with E-state index in [0.717, 1.165) is 77.0 Å². The van der Waals surface area contributed by atoms with Crippen LogP contribution in [0.5, 0.6) is 17.2 Å². The molecule has 0 heterocycles. The van der Waals surface area contributed by atoms with Gasteiger partial charge in [0.1, 0.15) is 17.2 Å². The summed E-state index contributed by atoms with van der Waals surface area (Å²) in [5, 5.41) is 46.1. The molecule has 234 valence electrons. The van der Waals surface area contributed by atoms with Crippen LogP contribution >= 0.6 is 0 Å². The largest absolute Gasteiger partial charge is 0.508 e. The standard InChI is InChI=1S/C17H23NO.C16H21NO.C6H6O/c1-2-3-10-17(13-18)11-8-15(9-12-17)14-4-6-16(19)7-5-14;1-2-9-16(12-17)10-7-14(8-11-16)13-3-5-15(18)6-4-13;7-6-4-2-1-3-5-6/h4-7,15,19H,2-3,8-12H2,1H3;3-6,14,18H,2,7-11H2,1H3;1-5,7H. The van der Waals surface area contributed by atoms with E-state index in [0.29, 0.717) is 29.1 Å². The highest BCUT2D eigenvalue weighted by molar-refractivity contribution is 5.30. The molecule has 5 rings (SSSR count). The minimum atomic E-state index is -0.0673. The van der Waals surface area contributed by atoms with Crippen LogP contribution in [0.1, 0.15) is 120 Å². The zero-order valence-corrected chi connectivity index (χ0v) is 26.6. The van der Waals surface area contributed by atoms with Crippen molar-refractivity contribution in [3.63, 3.8) is 0 Å². The van der Waals surface area contributed by atoms with Gasteiger partial charge in [0.2, 0.25) is 0 Å². The van der Waals surface area contributed by atoms with E-state index in [4.69, 9.17) is 5.11 Å². The number of phenols is 3. The van der Waals surface area contributed by atoms with Gasteiger partial charge in [-0.25, -0.2) is 0 Å². The summed E-state index contributed by atoms with van der Waals surface area (Å²) in [6.45, 7) is 4.35. The normalized spacial score (nSPS) is 24.3. The molecule has 2 aliphatic rings. The quantitative estimate of drug-likeness (QED) is 0.252. The number of aromatic hydroxyl groups is 3. The van der Waals surface area contributed by atoms with Crippen LogP contribution in [0.2, 0.25) is 0 Å². The Morgan fingerprint density at radius 1 is 0.568 bits per heavy atom. The molecule has 0 spiro atoms. The predicted octanol–water partition coefficient (Wildman–Crippen LogP) is 10.5. The number of phenolic OH excluding ortho intramolecular Hbond substituents is 3. The summed E-state index contributed by atoms with van der Waals surface area (Å²) in [4.78, 5) is 0. The molecule has 0 unspecified atom stereocenters. The summed E-state index contributed by atoms with van der Waals surface area (Å²) in [6.07, 6.45) is 14.0. The molecule has 3 N–H and O–H groups in total. The third-order valence-electron chi connectivity index (χ3n) is 9.58. The van der Waals surface area contributed by atoms with Crippen molar-refractivity contribution >= 4 is 0 Å². The van der Waals surface area contributed by atoms with Crippen molar-refractivity contribution in [3.8, 4) is 29.4 Å². The summed E-state index contributed by atoms with van der Waals surface area (Å²) in [6, 6.07) is 29.0. The highest BCUT2D eigenvalue weighted by atomic mass is 16.3. The topological polar surface area (TPSA) is 108 Å². The Labute approximate surface area is 264 Å². The van der Waals surface area contributed by atoms with E-state index < -0.39 is 0 Å². The first-order chi connectivity index (χ1) is 21.3. The molecule has 2 aliphatic carbocycles. The Bertz CT molecular complexity index is 1310. The third kappa shape index (κ3) is 10.3. The van der Waals surface area contributed by atoms with Crippen LogP contribution in [0.4, 0.5) is 0 Å². The molecule has 3 aromatic rings. The zero-order chi connectivity index (χ0) is 31.8. The maximum atomic E-state index is 9.48. The van der Waals surface area contributed by atoms with Crippen LogP contribution < -0.4 is 0 Å². The van der Waals surface area contributed by atoms with Gasteiger partial charge in [-0.2, -0.15) is 10.5 Å². The molecule has 3 aromatic carbocycles. The van der Waals surface area contributed by atoms with Crippen LogP contribution in [0.15, 0.2) is 78.9 Å². The highest BCUT2D eigenvalue weighted by Crippen LogP contribution is 2.46. The maximum absolute atomic E-state index is 9.48. The maximum Gasteiger partial charge on any atom is 0.115 e. The van der Waals surface area contributed by atoms with E-state index in [1.54, 1.807) is 48.5 Å². The van der Waals surface area contributed by atoms with Crippen LogP contribution in [0, 0.1) is 33.5 Å². The summed E-state index contributed by atoms with van der Waals surface area (Å²) >= 11 is 0. The number of benzene rings is 3. The molecule has 0 radical (unpaired) electrons. The first-order valence-corrected chi connectivity index (χ1v) is 16.4. The minimum Gasteiger partial charge on any atom is -0.508 e. The lowest BCUT2D eigenvalue weighted by Gasteiger charge is -2.35. The minimum absolute atomic E-state index is 0.0660. The fraction of sp³-hybridized carbons (Fsp3) is 0.487. The molecule has 2 saturated carbocycles. The molecule has 0 bridgehead atoms. The van der Waals surface area contributed by atoms with E-state index >= 15 is 0 Å². The fourth-order valence-corrected chi connectivity index (χ4v) is 6.76. The molecule has 5 nitrogen and oxygen atoms in total. The first kappa shape index (κ1) is 34.5. The van der Waals surface area contributed by atoms with Crippen LogP contribution in [-0.4, -0.2) is 15.3 Å². The highest BCUT2D eigenvalue weighted by Gasteiger charge is 2.36. The number of unbranched alkanes of at least 4 members (excludes halogenated alkanes) is 1.